The molecule has 4 rings (SSSR count). The van der Waals surface area contributed by atoms with E-state index in [0.29, 0.717) is 22.8 Å². The van der Waals surface area contributed by atoms with Gasteiger partial charge in [-0.15, -0.1) is 5.10 Å². The first kappa shape index (κ1) is 24.3. The highest BCUT2D eigenvalue weighted by molar-refractivity contribution is 7.51. The molecule has 0 aliphatic carbocycles. The number of aliphatic hydroxyl groups excluding tert-OH is 2. The third-order valence-electron chi connectivity index (χ3n) is 4.95. The SMILES string of the molecule is O=P(O)(O)COC[C@H]1O[C@@H](n2nnc3c(NCc4ccccc4Cl)cc(Cl)nc32)[C@H](O)[C@@H]1O. The molecule has 0 radical (unpaired) electrons. The van der Waals surface area contributed by atoms with Crippen LogP contribution in [0.5, 0.6) is 0 Å². The van der Waals surface area contributed by atoms with E-state index >= 15 is 0 Å². The van der Waals surface area contributed by atoms with E-state index in [9.17, 15) is 14.8 Å². The highest BCUT2D eigenvalue weighted by atomic mass is 35.5. The van der Waals surface area contributed by atoms with E-state index in [1.54, 1.807) is 12.1 Å². The first-order chi connectivity index (χ1) is 15.6. The van der Waals surface area contributed by atoms with Crippen LogP contribution < -0.4 is 5.32 Å². The van der Waals surface area contributed by atoms with Crippen LogP contribution in [0.4, 0.5) is 5.69 Å². The summed E-state index contributed by atoms with van der Waals surface area (Å²) in [5, 5.41) is 32.8. The fraction of sp³-hybridized carbons (Fsp3) is 0.389. The molecule has 3 aromatic rings. The number of halogens is 2. The summed E-state index contributed by atoms with van der Waals surface area (Å²) >= 11 is 12.4. The molecule has 1 saturated heterocycles. The van der Waals surface area contributed by atoms with Crippen molar-refractivity contribution >= 4 is 47.6 Å². The molecular weight excluding hydrogens is 500 g/mol. The molecule has 0 unspecified atom stereocenters. The molecule has 1 fully saturated rings. The summed E-state index contributed by atoms with van der Waals surface area (Å²) in [4.78, 5) is 22.0. The fourth-order valence-electron chi connectivity index (χ4n) is 3.38. The molecule has 0 spiro atoms. The maximum Gasteiger partial charge on any atom is 0.350 e. The Hall–Kier alpha value is -1.86. The van der Waals surface area contributed by atoms with Gasteiger partial charge < -0.3 is 34.8 Å². The zero-order chi connectivity index (χ0) is 23.8. The summed E-state index contributed by atoms with van der Waals surface area (Å²) in [5.74, 6) is 0. The molecule has 33 heavy (non-hydrogen) atoms. The van der Waals surface area contributed by atoms with Crippen LogP contribution in [-0.2, 0) is 20.6 Å². The number of fused-ring (bicyclic) bond motifs is 1. The second kappa shape index (κ2) is 9.79. The molecule has 4 atom stereocenters. The standard InChI is InChI=1S/C18H20Cl2N5O7P/c19-10-4-2-1-3-9(10)6-21-11-5-13(20)22-17-14(11)23-24-25(17)18-16(27)15(26)12(32-18)7-31-8-33(28,29)30/h1-5,12,15-16,18,26-27H,6-8H2,(H,21,22)(H2,28,29,30)/t12-,15-,16-,18-/m1/s1. The second-order valence-electron chi connectivity index (χ2n) is 7.35. The van der Waals surface area contributed by atoms with Gasteiger partial charge in [-0.1, -0.05) is 46.6 Å². The van der Waals surface area contributed by atoms with Gasteiger partial charge in [0, 0.05) is 17.6 Å². The van der Waals surface area contributed by atoms with Crippen molar-refractivity contribution in [1.29, 1.82) is 0 Å². The average molecular weight is 520 g/mol. The molecule has 3 heterocycles. The van der Waals surface area contributed by atoms with Crippen molar-refractivity contribution in [2.24, 2.45) is 0 Å². The number of hydrogen-bond acceptors (Lipinski definition) is 9. The summed E-state index contributed by atoms with van der Waals surface area (Å²) in [6.45, 7) is 0.0213. The van der Waals surface area contributed by atoms with E-state index < -0.39 is 38.5 Å². The highest BCUT2D eigenvalue weighted by Gasteiger charge is 2.45. The predicted molar refractivity (Wildman–Crippen MR) is 118 cm³/mol. The van der Waals surface area contributed by atoms with Crippen molar-refractivity contribution in [2.45, 2.75) is 31.1 Å². The van der Waals surface area contributed by atoms with Crippen LogP contribution in [0.25, 0.3) is 11.2 Å². The van der Waals surface area contributed by atoms with Gasteiger partial charge in [0.25, 0.3) is 0 Å². The molecule has 178 valence electrons. The van der Waals surface area contributed by atoms with Crippen molar-refractivity contribution in [2.75, 3.05) is 18.3 Å². The van der Waals surface area contributed by atoms with Gasteiger partial charge in [0.1, 0.15) is 29.8 Å². The topological polar surface area (TPSA) is 172 Å². The van der Waals surface area contributed by atoms with Crippen LogP contribution in [-0.4, -0.2) is 71.2 Å². The Morgan fingerprint density at radius 3 is 2.70 bits per heavy atom. The van der Waals surface area contributed by atoms with Gasteiger partial charge in [-0.3, -0.25) is 4.57 Å². The number of pyridine rings is 1. The van der Waals surface area contributed by atoms with Crippen LogP contribution >= 0.6 is 30.8 Å². The number of hydrogen-bond donors (Lipinski definition) is 5. The summed E-state index contributed by atoms with van der Waals surface area (Å²) in [6.07, 6.45) is -5.92. The molecule has 1 aliphatic heterocycles. The lowest BCUT2D eigenvalue weighted by Gasteiger charge is -2.15. The van der Waals surface area contributed by atoms with Crippen molar-refractivity contribution in [3.8, 4) is 0 Å². The van der Waals surface area contributed by atoms with Gasteiger partial charge in [-0.2, -0.15) is 4.68 Å². The molecule has 5 N–H and O–H groups in total. The summed E-state index contributed by atoms with van der Waals surface area (Å²) in [6, 6.07) is 8.89. The van der Waals surface area contributed by atoms with E-state index in [4.69, 9.17) is 42.5 Å². The van der Waals surface area contributed by atoms with Crippen LogP contribution in [0.3, 0.4) is 0 Å². The summed E-state index contributed by atoms with van der Waals surface area (Å²) in [5.41, 5.74) is 1.91. The lowest BCUT2D eigenvalue weighted by Crippen LogP contribution is -2.34. The van der Waals surface area contributed by atoms with Gasteiger partial charge in [-0.05, 0) is 11.6 Å². The zero-order valence-corrected chi connectivity index (χ0v) is 19.2. The first-order valence-electron chi connectivity index (χ1n) is 9.66. The third-order valence-corrected chi connectivity index (χ3v) is 6.03. The van der Waals surface area contributed by atoms with Gasteiger partial charge in [0.2, 0.25) is 0 Å². The minimum atomic E-state index is -4.39. The van der Waals surface area contributed by atoms with E-state index in [1.165, 1.54) is 4.68 Å². The van der Waals surface area contributed by atoms with Crippen molar-refractivity contribution < 1.29 is 34.0 Å². The summed E-state index contributed by atoms with van der Waals surface area (Å²) in [7, 11) is -4.39. The van der Waals surface area contributed by atoms with Gasteiger partial charge >= 0.3 is 7.60 Å². The first-order valence-corrected chi connectivity index (χ1v) is 12.2. The molecule has 0 amide bonds. The van der Waals surface area contributed by atoms with Crippen LogP contribution in [0, 0.1) is 0 Å². The number of aliphatic hydroxyl groups is 2. The minimum Gasteiger partial charge on any atom is -0.387 e. The lowest BCUT2D eigenvalue weighted by atomic mass is 10.1. The Kier molecular flexibility index (Phi) is 7.20. The number of benzene rings is 1. The molecule has 15 heteroatoms. The third kappa shape index (κ3) is 5.46. The lowest BCUT2D eigenvalue weighted by molar-refractivity contribution is -0.0665. The predicted octanol–water partition coefficient (Wildman–Crippen LogP) is 1.52. The second-order valence-corrected chi connectivity index (χ2v) is 9.74. The van der Waals surface area contributed by atoms with E-state index in [1.807, 2.05) is 18.2 Å². The van der Waals surface area contributed by atoms with Crippen LogP contribution in [0.15, 0.2) is 30.3 Å². The molecule has 1 aliphatic rings. The quantitative estimate of drug-likeness (QED) is 0.215. The number of aromatic nitrogens is 4. The maximum absolute atomic E-state index is 10.9. The van der Waals surface area contributed by atoms with E-state index in [-0.39, 0.29) is 17.4 Å². The average Bonchev–Trinajstić information content (AvgIpc) is 3.28. The van der Waals surface area contributed by atoms with Crippen LogP contribution in [0.2, 0.25) is 10.2 Å². The molecule has 1 aromatic carbocycles. The molecule has 0 bridgehead atoms. The van der Waals surface area contributed by atoms with Crippen molar-refractivity contribution in [3.05, 3.63) is 46.1 Å². The van der Waals surface area contributed by atoms with Gasteiger partial charge in [0.05, 0.1) is 12.3 Å². The number of anilines is 1. The van der Waals surface area contributed by atoms with Gasteiger partial charge in [-0.25, -0.2) is 4.98 Å². The molecule has 0 saturated carbocycles. The van der Waals surface area contributed by atoms with E-state index in [2.05, 4.69) is 20.6 Å². The smallest absolute Gasteiger partial charge is 0.350 e. The number of ether oxygens (including phenoxy) is 2. The Morgan fingerprint density at radius 2 is 1.97 bits per heavy atom. The fourth-order valence-corrected chi connectivity index (χ4v) is 4.12. The highest BCUT2D eigenvalue weighted by Crippen LogP contribution is 2.36. The monoisotopic (exact) mass is 519 g/mol. The Morgan fingerprint density at radius 1 is 1.21 bits per heavy atom. The zero-order valence-electron chi connectivity index (χ0n) is 16.8. The maximum atomic E-state index is 10.9. The van der Waals surface area contributed by atoms with Gasteiger partial charge in [0.15, 0.2) is 17.4 Å². The summed E-state index contributed by atoms with van der Waals surface area (Å²) < 4.78 is 22.7. The number of nitrogens with zero attached hydrogens (tertiary/aromatic N) is 4. The molecule has 12 nitrogen and oxygen atoms in total. The van der Waals surface area contributed by atoms with Crippen LogP contribution in [0.1, 0.15) is 11.8 Å². The Balaban J connectivity index is 1.55. The molecular formula is C18H20Cl2N5O7P. The largest absolute Gasteiger partial charge is 0.387 e. The van der Waals surface area contributed by atoms with Crippen molar-refractivity contribution in [1.82, 2.24) is 20.0 Å². The number of rotatable bonds is 8. The Labute approximate surface area is 197 Å². The molecule has 2 aromatic heterocycles. The Bertz CT molecular complexity index is 1190. The normalized spacial score (nSPS) is 23.3. The number of nitrogens with one attached hydrogen (secondary N) is 1. The minimum absolute atomic E-state index is 0.127. The van der Waals surface area contributed by atoms with E-state index in [0.717, 1.165) is 5.56 Å². The van der Waals surface area contributed by atoms with Crippen molar-refractivity contribution in [3.63, 3.8) is 0 Å².